The molecule has 0 radical (unpaired) electrons. The van der Waals surface area contributed by atoms with Gasteiger partial charge in [-0.25, -0.2) is 0 Å². The molecule has 0 amide bonds. The zero-order valence-electron chi connectivity index (χ0n) is 9.92. The van der Waals surface area contributed by atoms with Gasteiger partial charge in [0, 0.05) is 12.6 Å². The van der Waals surface area contributed by atoms with E-state index in [0.717, 1.165) is 24.3 Å². The Bertz CT molecular complexity index is 158. The molecule has 14 heavy (non-hydrogen) atoms. The Morgan fingerprint density at radius 3 is 2.57 bits per heavy atom. The van der Waals surface area contributed by atoms with Crippen LogP contribution in [0.4, 0.5) is 0 Å². The summed E-state index contributed by atoms with van der Waals surface area (Å²) in [7, 11) is 0. The molecule has 1 saturated carbocycles. The van der Waals surface area contributed by atoms with E-state index in [1.807, 2.05) is 0 Å². The second kappa shape index (κ2) is 5.72. The number of nitrogens with two attached hydrogens (primary N) is 1. The highest BCUT2D eigenvalue weighted by molar-refractivity contribution is 4.86. The Morgan fingerprint density at radius 2 is 2.14 bits per heavy atom. The molecule has 1 rings (SSSR count). The molecule has 2 heteroatoms. The topological polar surface area (TPSA) is 38.0 Å². The molecule has 1 aliphatic rings. The summed E-state index contributed by atoms with van der Waals surface area (Å²) < 4.78 is 0. The maximum atomic E-state index is 5.78. The molecule has 0 saturated heterocycles. The maximum Gasteiger partial charge on any atom is 0.0215 e. The van der Waals surface area contributed by atoms with Crippen molar-refractivity contribution in [3.05, 3.63) is 0 Å². The lowest BCUT2D eigenvalue weighted by Crippen LogP contribution is -2.42. The predicted molar refractivity (Wildman–Crippen MR) is 62.2 cm³/mol. The summed E-state index contributed by atoms with van der Waals surface area (Å²) in [4.78, 5) is 0. The zero-order chi connectivity index (χ0) is 10.6. The van der Waals surface area contributed by atoms with Crippen LogP contribution in [0.1, 0.15) is 40.0 Å². The van der Waals surface area contributed by atoms with Crippen molar-refractivity contribution in [1.82, 2.24) is 5.32 Å². The number of nitrogens with one attached hydrogen (secondary N) is 1. The van der Waals surface area contributed by atoms with E-state index in [2.05, 4.69) is 26.1 Å². The fourth-order valence-electron chi connectivity index (χ4n) is 2.16. The molecule has 1 aliphatic carbocycles. The Balaban J connectivity index is 2.16. The first kappa shape index (κ1) is 12.0. The van der Waals surface area contributed by atoms with Crippen molar-refractivity contribution in [2.45, 2.75) is 46.1 Å². The molecule has 1 fully saturated rings. The van der Waals surface area contributed by atoms with Gasteiger partial charge in [-0.1, -0.05) is 27.2 Å². The Kier molecular flexibility index (Phi) is 4.90. The molecule has 0 heterocycles. The van der Waals surface area contributed by atoms with E-state index in [4.69, 9.17) is 5.73 Å². The first-order valence-electron chi connectivity index (χ1n) is 6.12. The molecule has 0 aromatic heterocycles. The van der Waals surface area contributed by atoms with Gasteiger partial charge in [-0.2, -0.15) is 0 Å². The molecule has 3 N–H and O–H groups in total. The average Bonchev–Trinajstić information content (AvgIpc) is 2.83. The van der Waals surface area contributed by atoms with Crippen molar-refractivity contribution in [1.29, 1.82) is 0 Å². The lowest BCUT2D eigenvalue weighted by molar-refractivity contribution is 0.354. The van der Waals surface area contributed by atoms with E-state index in [0.29, 0.717) is 6.04 Å². The van der Waals surface area contributed by atoms with E-state index in [9.17, 15) is 0 Å². The minimum Gasteiger partial charge on any atom is -0.329 e. The SMILES string of the molecule is CCCC(C)C(CN)NCC1CC1C. The Hall–Kier alpha value is -0.0800. The van der Waals surface area contributed by atoms with Gasteiger partial charge in [0.2, 0.25) is 0 Å². The highest BCUT2D eigenvalue weighted by Crippen LogP contribution is 2.36. The largest absolute Gasteiger partial charge is 0.329 e. The van der Waals surface area contributed by atoms with Crippen molar-refractivity contribution in [3.63, 3.8) is 0 Å². The van der Waals surface area contributed by atoms with Gasteiger partial charge < -0.3 is 11.1 Å². The summed E-state index contributed by atoms with van der Waals surface area (Å²) in [5.74, 6) is 2.60. The minimum atomic E-state index is 0.530. The van der Waals surface area contributed by atoms with Crippen LogP contribution >= 0.6 is 0 Å². The van der Waals surface area contributed by atoms with Crippen molar-refractivity contribution >= 4 is 0 Å². The number of hydrogen-bond acceptors (Lipinski definition) is 2. The quantitative estimate of drug-likeness (QED) is 0.656. The fraction of sp³-hybridized carbons (Fsp3) is 1.00. The third-order valence-electron chi connectivity index (χ3n) is 3.60. The molecule has 84 valence electrons. The van der Waals surface area contributed by atoms with Crippen LogP contribution in [0.5, 0.6) is 0 Å². The zero-order valence-corrected chi connectivity index (χ0v) is 9.92. The molecule has 0 bridgehead atoms. The van der Waals surface area contributed by atoms with Crippen LogP contribution in [0.3, 0.4) is 0 Å². The van der Waals surface area contributed by atoms with Crippen LogP contribution in [0.2, 0.25) is 0 Å². The monoisotopic (exact) mass is 198 g/mol. The molecular weight excluding hydrogens is 172 g/mol. The van der Waals surface area contributed by atoms with E-state index in [1.54, 1.807) is 0 Å². The van der Waals surface area contributed by atoms with E-state index < -0.39 is 0 Å². The van der Waals surface area contributed by atoms with Gasteiger partial charge in [0.15, 0.2) is 0 Å². The second-order valence-electron chi connectivity index (χ2n) is 4.99. The summed E-state index contributed by atoms with van der Waals surface area (Å²) in [5.41, 5.74) is 5.78. The highest BCUT2D eigenvalue weighted by atomic mass is 14.9. The Labute approximate surface area is 88.6 Å². The first-order chi connectivity index (χ1) is 6.69. The van der Waals surface area contributed by atoms with Gasteiger partial charge in [-0.15, -0.1) is 0 Å². The van der Waals surface area contributed by atoms with Gasteiger partial charge >= 0.3 is 0 Å². The summed E-state index contributed by atoms with van der Waals surface area (Å²) in [5, 5.41) is 3.62. The summed E-state index contributed by atoms with van der Waals surface area (Å²) in [6.45, 7) is 8.84. The average molecular weight is 198 g/mol. The lowest BCUT2D eigenvalue weighted by Gasteiger charge is -2.23. The van der Waals surface area contributed by atoms with Gasteiger partial charge in [-0.05, 0) is 37.1 Å². The molecule has 0 aromatic rings. The van der Waals surface area contributed by atoms with Crippen LogP contribution in [-0.4, -0.2) is 19.1 Å². The van der Waals surface area contributed by atoms with Crippen LogP contribution in [0.25, 0.3) is 0 Å². The maximum absolute atomic E-state index is 5.78. The molecule has 4 unspecified atom stereocenters. The van der Waals surface area contributed by atoms with Crippen molar-refractivity contribution in [2.24, 2.45) is 23.5 Å². The van der Waals surface area contributed by atoms with Crippen LogP contribution in [0, 0.1) is 17.8 Å². The lowest BCUT2D eigenvalue weighted by atomic mass is 9.97. The summed E-state index contributed by atoms with van der Waals surface area (Å²) in [6.07, 6.45) is 3.96. The third-order valence-corrected chi connectivity index (χ3v) is 3.60. The van der Waals surface area contributed by atoms with Crippen molar-refractivity contribution < 1.29 is 0 Å². The van der Waals surface area contributed by atoms with E-state index in [1.165, 1.54) is 25.8 Å². The van der Waals surface area contributed by atoms with Crippen LogP contribution in [0.15, 0.2) is 0 Å². The number of hydrogen-bond donors (Lipinski definition) is 2. The Morgan fingerprint density at radius 1 is 1.50 bits per heavy atom. The molecule has 2 nitrogen and oxygen atoms in total. The van der Waals surface area contributed by atoms with Gasteiger partial charge in [0.05, 0.1) is 0 Å². The standard InChI is InChI=1S/C12H26N2/c1-4-5-9(2)12(7-13)14-8-11-6-10(11)3/h9-12,14H,4-8,13H2,1-3H3. The van der Waals surface area contributed by atoms with Crippen LogP contribution < -0.4 is 11.1 Å². The molecular formula is C12H26N2. The predicted octanol–water partition coefficient (Wildman–Crippen LogP) is 2.00. The first-order valence-corrected chi connectivity index (χ1v) is 6.12. The third kappa shape index (κ3) is 3.58. The van der Waals surface area contributed by atoms with Gasteiger partial charge in [-0.3, -0.25) is 0 Å². The van der Waals surface area contributed by atoms with Gasteiger partial charge in [0.25, 0.3) is 0 Å². The van der Waals surface area contributed by atoms with Crippen molar-refractivity contribution in [3.8, 4) is 0 Å². The highest BCUT2D eigenvalue weighted by Gasteiger charge is 2.32. The minimum absolute atomic E-state index is 0.530. The van der Waals surface area contributed by atoms with Crippen molar-refractivity contribution in [2.75, 3.05) is 13.1 Å². The molecule has 0 aliphatic heterocycles. The van der Waals surface area contributed by atoms with Gasteiger partial charge in [0.1, 0.15) is 0 Å². The summed E-state index contributed by atoms with van der Waals surface area (Å²) in [6, 6.07) is 0.530. The van der Waals surface area contributed by atoms with E-state index in [-0.39, 0.29) is 0 Å². The number of rotatable bonds is 7. The normalized spacial score (nSPS) is 30.0. The fourth-order valence-corrected chi connectivity index (χ4v) is 2.16. The molecule has 0 spiro atoms. The molecule has 4 atom stereocenters. The second-order valence-corrected chi connectivity index (χ2v) is 4.99. The molecule has 0 aromatic carbocycles. The smallest absolute Gasteiger partial charge is 0.0215 e. The van der Waals surface area contributed by atoms with E-state index >= 15 is 0 Å². The summed E-state index contributed by atoms with van der Waals surface area (Å²) >= 11 is 0. The van der Waals surface area contributed by atoms with Crippen LogP contribution in [-0.2, 0) is 0 Å².